The summed E-state index contributed by atoms with van der Waals surface area (Å²) in [6.45, 7) is 0.00693. The van der Waals surface area contributed by atoms with Crippen molar-refractivity contribution in [3.63, 3.8) is 0 Å². The van der Waals surface area contributed by atoms with Gasteiger partial charge >= 0.3 is 11.9 Å². The van der Waals surface area contributed by atoms with Crippen molar-refractivity contribution < 1.29 is 24.2 Å². The summed E-state index contributed by atoms with van der Waals surface area (Å²) < 4.78 is 13.4. The van der Waals surface area contributed by atoms with Crippen molar-refractivity contribution in [2.24, 2.45) is 5.41 Å². The number of likely N-dealkylation sites (tertiary alicyclic amines) is 1. The fourth-order valence-electron chi connectivity index (χ4n) is 2.06. The fourth-order valence-corrected chi connectivity index (χ4v) is 2.06. The van der Waals surface area contributed by atoms with Crippen LogP contribution >= 0.6 is 0 Å². The van der Waals surface area contributed by atoms with Gasteiger partial charge in [0.15, 0.2) is 5.41 Å². The molecule has 96 valence electrons. The third-order valence-corrected chi connectivity index (χ3v) is 3.16. The zero-order chi connectivity index (χ0) is 13.3. The summed E-state index contributed by atoms with van der Waals surface area (Å²) in [5.41, 5.74) is -1.31. The Morgan fingerprint density at radius 3 is 2.28 bits per heavy atom. The summed E-state index contributed by atoms with van der Waals surface area (Å²) in [7, 11) is 0. The highest BCUT2D eigenvalue weighted by molar-refractivity contribution is 6.00. The van der Waals surface area contributed by atoms with Gasteiger partial charge in [0.2, 0.25) is 0 Å². The van der Waals surface area contributed by atoms with Gasteiger partial charge in [-0.2, -0.15) is 0 Å². The van der Waals surface area contributed by atoms with Crippen molar-refractivity contribution in [3.8, 4) is 0 Å². The van der Waals surface area contributed by atoms with Crippen LogP contribution in [0, 0.1) is 11.2 Å². The molecule has 1 aliphatic rings. The molecule has 18 heavy (non-hydrogen) atoms. The third-order valence-electron chi connectivity index (χ3n) is 3.16. The van der Waals surface area contributed by atoms with Crippen molar-refractivity contribution in [2.75, 3.05) is 13.1 Å². The molecule has 5 nitrogen and oxygen atoms in total. The van der Waals surface area contributed by atoms with E-state index in [1.165, 1.54) is 6.07 Å². The first-order valence-corrected chi connectivity index (χ1v) is 5.38. The number of carboxylic acid groups (broad SMARTS) is 2. The normalized spacial score (nSPS) is 18.1. The van der Waals surface area contributed by atoms with Crippen LogP contribution in [-0.2, 0) is 16.1 Å². The standard InChI is InChI=1S/C12H12FNO4/c13-9-4-2-1-3-8(9)5-14-6-12(7-14,10(15)16)11(17)18/h1-4H,5-7H2,(H,15,16)(H,17,18). The molecule has 1 heterocycles. The molecule has 1 fully saturated rings. The second-order valence-corrected chi connectivity index (χ2v) is 4.43. The molecule has 1 aromatic carbocycles. The van der Waals surface area contributed by atoms with Crippen molar-refractivity contribution in [1.82, 2.24) is 4.90 Å². The van der Waals surface area contributed by atoms with Gasteiger partial charge in [0, 0.05) is 25.2 Å². The second kappa shape index (κ2) is 4.38. The number of carbonyl (C=O) groups is 2. The van der Waals surface area contributed by atoms with Gasteiger partial charge in [-0.05, 0) is 6.07 Å². The summed E-state index contributed by atoms with van der Waals surface area (Å²) in [5, 5.41) is 17.8. The van der Waals surface area contributed by atoms with Crippen molar-refractivity contribution >= 4 is 11.9 Å². The predicted octanol–water partition coefficient (Wildman–Crippen LogP) is 0.797. The highest BCUT2D eigenvalue weighted by Gasteiger charge is 2.56. The number of hydrogen-bond donors (Lipinski definition) is 2. The van der Waals surface area contributed by atoms with Gasteiger partial charge in [-0.25, -0.2) is 4.39 Å². The molecule has 0 bridgehead atoms. The minimum absolute atomic E-state index is 0.105. The molecule has 0 aliphatic carbocycles. The maximum Gasteiger partial charge on any atom is 0.323 e. The van der Waals surface area contributed by atoms with Crippen LogP contribution in [0.3, 0.4) is 0 Å². The number of hydrogen-bond acceptors (Lipinski definition) is 3. The van der Waals surface area contributed by atoms with Crippen LogP contribution < -0.4 is 0 Å². The molecule has 0 aromatic heterocycles. The molecule has 0 unspecified atom stereocenters. The molecule has 0 saturated carbocycles. The Morgan fingerprint density at radius 1 is 1.22 bits per heavy atom. The fraction of sp³-hybridized carbons (Fsp3) is 0.333. The molecule has 0 atom stereocenters. The molecule has 1 aliphatic heterocycles. The van der Waals surface area contributed by atoms with Gasteiger partial charge in [0.1, 0.15) is 5.82 Å². The molecule has 0 radical (unpaired) electrons. The Hall–Kier alpha value is -1.95. The van der Waals surface area contributed by atoms with E-state index < -0.39 is 17.4 Å². The van der Waals surface area contributed by atoms with Gasteiger partial charge in [-0.3, -0.25) is 14.5 Å². The lowest BCUT2D eigenvalue weighted by Crippen LogP contribution is -2.64. The van der Waals surface area contributed by atoms with Crippen LogP contribution in [0.1, 0.15) is 5.56 Å². The van der Waals surface area contributed by atoms with E-state index in [0.717, 1.165) is 0 Å². The summed E-state index contributed by atoms with van der Waals surface area (Å²) in [6, 6.07) is 6.15. The smallest absolute Gasteiger partial charge is 0.323 e. The number of halogens is 1. The summed E-state index contributed by atoms with van der Waals surface area (Å²) >= 11 is 0. The van der Waals surface area contributed by atoms with Gasteiger partial charge < -0.3 is 10.2 Å². The molecule has 2 rings (SSSR count). The van der Waals surface area contributed by atoms with E-state index in [4.69, 9.17) is 10.2 Å². The number of carboxylic acids is 2. The minimum Gasteiger partial charge on any atom is -0.480 e. The first-order chi connectivity index (χ1) is 8.45. The minimum atomic E-state index is -1.74. The molecule has 6 heteroatoms. The Kier molecular flexibility index (Phi) is 3.04. The predicted molar refractivity (Wildman–Crippen MR) is 59.4 cm³/mol. The van der Waals surface area contributed by atoms with Crippen molar-refractivity contribution in [3.05, 3.63) is 35.6 Å². The Balaban J connectivity index is 2.03. The topological polar surface area (TPSA) is 77.8 Å². The van der Waals surface area contributed by atoms with Crippen LogP contribution in [0.4, 0.5) is 4.39 Å². The van der Waals surface area contributed by atoms with E-state index in [1.807, 2.05) is 0 Å². The zero-order valence-corrected chi connectivity index (χ0v) is 9.47. The van der Waals surface area contributed by atoms with Crippen LogP contribution in [0.2, 0.25) is 0 Å². The maximum absolute atomic E-state index is 13.4. The Morgan fingerprint density at radius 2 is 1.78 bits per heavy atom. The summed E-state index contributed by atoms with van der Waals surface area (Å²) in [6.07, 6.45) is 0. The largest absolute Gasteiger partial charge is 0.480 e. The monoisotopic (exact) mass is 253 g/mol. The van der Waals surface area contributed by atoms with E-state index in [0.29, 0.717) is 5.56 Å². The number of nitrogens with zero attached hydrogens (tertiary/aromatic N) is 1. The number of rotatable bonds is 4. The molecule has 1 saturated heterocycles. The molecule has 0 amide bonds. The molecule has 1 aromatic rings. The van der Waals surface area contributed by atoms with Crippen LogP contribution in [0.15, 0.2) is 24.3 Å². The molecular weight excluding hydrogens is 241 g/mol. The van der Waals surface area contributed by atoms with Gasteiger partial charge in [0.25, 0.3) is 0 Å². The molecule has 2 N–H and O–H groups in total. The lowest BCUT2D eigenvalue weighted by atomic mass is 9.79. The van der Waals surface area contributed by atoms with Crippen LogP contribution in [-0.4, -0.2) is 40.1 Å². The van der Waals surface area contributed by atoms with Crippen LogP contribution in [0.5, 0.6) is 0 Å². The quantitative estimate of drug-likeness (QED) is 0.776. The van der Waals surface area contributed by atoms with E-state index in [2.05, 4.69) is 0 Å². The van der Waals surface area contributed by atoms with E-state index >= 15 is 0 Å². The van der Waals surface area contributed by atoms with Gasteiger partial charge in [0.05, 0.1) is 0 Å². The number of aliphatic carboxylic acids is 2. The lowest BCUT2D eigenvalue weighted by Gasteiger charge is -2.44. The first-order valence-electron chi connectivity index (χ1n) is 5.38. The lowest BCUT2D eigenvalue weighted by molar-refractivity contribution is -0.178. The summed E-state index contributed by atoms with van der Waals surface area (Å²) in [5.74, 6) is -3.07. The first kappa shape index (κ1) is 12.5. The second-order valence-electron chi connectivity index (χ2n) is 4.43. The zero-order valence-electron chi connectivity index (χ0n) is 9.47. The van der Waals surface area contributed by atoms with Gasteiger partial charge in [-0.1, -0.05) is 18.2 Å². The SMILES string of the molecule is O=C(O)C1(C(=O)O)CN(Cc2ccccc2F)C1. The van der Waals surface area contributed by atoms with Crippen molar-refractivity contribution in [1.29, 1.82) is 0 Å². The summed E-state index contributed by atoms with van der Waals surface area (Å²) in [4.78, 5) is 23.5. The average molecular weight is 253 g/mol. The number of benzene rings is 1. The van der Waals surface area contributed by atoms with E-state index in [-0.39, 0.29) is 25.5 Å². The third kappa shape index (κ3) is 1.95. The Bertz CT molecular complexity index is 481. The molecular formula is C12H12FNO4. The van der Waals surface area contributed by atoms with Crippen LogP contribution in [0.25, 0.3) is 0 Å². The van der Waals surface area contributed by atoms with Gasteiger partial charge in [-0.15, -0.1) is 0 Å². The average Bonchev–Trinajstić information content (AvgIpc) is 2.23. The highest BCUT2D eigenvalue weighted by Crippen LogP contribution is 2.32. The highest BCUT2D eigenvalue weighted by atomic mass is 19.1. The molecule has 0 spiro atoms. The maximum atomic E-state index is 13.4. The van der Waals surface area contributed by atoms with Crippen molar-refractivity contribution in [2.45, 2.75) is 6.54 Å². The Labute approximate surface area is 102 Å². The van der Waals surface area contributed by atoms with E-state index in [1.54, 1.807) is 23.1 Å². The van der Waals surface area contributed by atoms with E-state index in [9.17, 15) is 14.0 Å².